The topological polar surface area (TPSA) is 84.1 Å². The lowest BCUT2D eigenvalue weighted by atomic mass is 10.1. The molecule has 0 amide bonds. The van der Waals surface area contributed by atoms with Crippen LogP contribution in [-0.2, 0) is 19.4 Å². The number of ether oxygens (including phenoxy) is 1. The summed E-state index contributed by atoms with van der Waals surface area (Å²) in [5.74, 6) is -0.209. The Morgan fingerprint density at radius 3 is 2.40 bits per heavy atom. The normalized spacial score (nSPS) is 10.7. The van der Waals surface area contributed by atoms with Crippen molar-refractivity contribution in [1.29, 1.82) is 0 Å². The maximum atomic E-state index is 12.5. The molecule has 2 N–H and O–H groups in total. The summed E-state index contributed by atoms with van der Waals surface area (Å²) in [5, 5.41) is 3.18. The fraction of sp³-hybridized carbons (Fsp3) is 0.292. The first kappa shape index (κ1) is 21.3. The highest BCUT2D eigenvalue weighted by Crippen LogP contribution is 2.23. The minimum atomic E-state index is -0.463. The highest BCUT2D eigenvalue weighted by atomic mass is 16.5. The molecule has 0 saturated carbocycles. The lowest BCUT2D eigenvalue weighted by molar-refractivity contribution is 0.0725. The number of hydrogen-bond acceptors (Lipinski definition) is 5. The van der Waals surface area contributed by atoms with Crippen LogP contribution in [0.15, 0.2) is 47.3 Å². The second-order valence-corrected chi connectivity index (χ2v) is 7.18. The second kappa shape index (κ2) is 9.39. The third kappa shape index (κ3) is 4.76. The average molecular weight is 405 g/mol. The molecule has 0 spiro atoms. The van der Waals surface area contributed by atoms with Crippen LogP contribution in [0.4, 0.5) is 5.69 Å². The largest absolute Gasteiger partial charge is 0.403 e. The molecule has 6 heteroatoms. The maximum absolute atomic E-state index is 12.5. The zero-order valence-electron chi connectivity index (χ0n) is 17.8. The van der Waals surface area contributed by atoms with Gasteiger partial charge >= 0.3 is 5.97 Å². The van der Waals surface area contributed by atoms with E-state index in [9.17, 15) is 9.59 Å². The molecule has 2 aromatic heterocycles. The number of aromatic nitrogens is 2. The number of aromatic amines is 1. The first-order valence-corrected chi connectivity index (χ1v) is 10.2. The molecule has 156 valence electrons. The monoisotopic (exact) mass is 405 g/mol. The molecule has 0 unspecified atom stereocenters. The van der Waals surface area contributed by atoms with E-state index in [1.165, 1.54) is 0 Å². The van der Waals surface area contributed by atoms with Crippen molar-refractivity contribution < 1.29 is 9.53 Å². The van der Waals surface area contributed by atoms with Gasteiger partial charge in [-0.05, 0) is 62.1 Å². The van der Waals surface area contributed by atoms with E-state index in [2.05, 4.69) is 22.2 Å². The van der Waals surface area contributed by atoms with Crippen LogP contribution < -0.4 is 15.6 Å². The third-order valence-corrected chi connectivity index (χ3v) is 5.13. The van der Waals surface area contributed by atoms with Crippen molar-refractivity contribution in [2.75, 3.05) is 5.32 Å². The smallest absolute Gasteiger partial charge is 0.344 e. The van der Waals surface area contributed by atoms with Gasteiger partial charge in [0.2, 0.25) is 5.88 Å². The Morgan fingerprint density at radius 2 is 1.73 bits per heavy atom. The Morgan fingerprint density at radius 1 is 1.03 bits per heavy atom. The molecule has 30 heavy (non-hydrogen) atoms. The molecule has 6 nitrogen and oxygen atoms in total. The quantitative estimate of drug-likeness (QED) is 0.571. The number of anilines is 1. The van der Waals surface area contributed by atoms with Crippen LogP contribution in [0.1, 0.15) is 52.3 Å². The molecule has 2 heterocycles. The van der Waals surface area contributed by atoms with Gasteiger partial charge in [0.15, 0.2) is 0 Å². The van der Waals surface area contributed by atoms with E-state index >= 15 is 0 Å². The fourth-order valence-electron chi connectivity index (χ4n) is 3.32. The summed E-state index contributed by atoms with van der Waals surface area (Å²) in [4.78, 5) is 32.3. The number of carbonyl (C=O) groups is 1. The lowest BCUT2D eigenvalue weighted by Crippen LogP contribution is -2.18. The molecular formula is C24H27N3O3. The van der Waals surface area contributed by atoms with Crippen LogP contribution >= 0.6 is 0 Å². The minimum absolute atomic E-state index is 0.177. The molecular weight excluding hydrogens is 378 g/mol. The van der Waals surface area contributed by atoms with Crippen molar-refractivity contribution >= 4 is 11.7 Å². The lowest BCUT2D eigenvalue weighted by Gasteiger charge is -2.14. The molecule has 0 aliphatic heterocycles. The van der Waals surface area contributed by atoms with E-state index in [-0.39, 0.29) is 11.4 Å². The molecule has 0 saturated heterocycles. The van der Waals surface area contributed by atoms with Crippen LogP contribution in [-0.4, -0.2) is 15.9 Å². The summed E-state index contributed by atoms with van der Waals surface area (Å²) in [6, 6.07) is 12.7. The van der Waals surface area contributed by atoms with Gasteiger partial charge in [-0.25, -0.2) is 9.78 Å². The Bertz CT molecular complexity index is 1100. The summed E-state index contributed by atoms with van der Waals surface area (Å²) in [5.41, 5.74) is 5.31. The van der Waals surface area contributed by atoms with Crippen LogP contribution in [0, 0.1) is 13.8 Å². The van der Waals surface area contributed by atoms with Gasteiger partial charge in [-0.2, -0.15) is 0 Å². The molecule has 0 atom stereocenters. The summed E-state index contributed by atoms with van der Waals surface area (Å²) in [6.07, 6.45) is 1.63. The van der Waals surface area contributed by atoms with Gasteiger partial charge in [0.05, 0.1) is 5.56 Å². The van der Waals surface area contributed by atoms with Gasteiger partial charge in [-0.3, -0.25) is 4.79 Å². The van der Waals surface area contributed by atoms with Gasteiger partial charge in [0.1, 0.15) is 5.69 Å². The number of esters is 1. The Hall–Kier alpha value is -3.41. The van der Waals surface area contributed by atoms with E-state index in [1.54, 1.807) is 24.3 Å². The number of nitrogens with zero attached hydrogens (tertiary/aromatic N) is 1. The second-order valence-electron chi connectivity index (χ2n) is 7.18. The molecule has 0 aliphatic carbocycles. The van der Waals surface area contributed by atoms with Crippen LogP contribution in [0.2, 0.25) is 0 Å². The molecule has 3 aromatic rings. The Kier molecular flexibility index (Phi) is 6.67. The maximum Gasteiger partial charge on any atom is 0.344 e. The number of nitrogens with one attached hydrogen (secondary N) is 2. The van der Waals surface area contributed by atoms with Crippen molar-refractivity contribution in [1.82, 2.24) is 9.97 Å². The van der Waals surface area contributed by atoms with Gasteiger partial charge in [-0.1, -0.05) is 32.0 Å². The predicted molar refractivity (Wildman–Crippen MR) is 118 cm³/mol. The predicted octanol–water partition coefficient (Wildman–Crippen LogP) is 4.34. The van der Waals surface area contributed by atoms with E-state index in [0.717, 1.165) is 40.9 Å². The fourth-order valence-corrected chi connectivity index (χ4v) is 3.32. The minimum Gasteiger partial charge on any atom is -0.403 e. The van der Waals surface area contributed by atoms with Crippen molar-refractivity contribution in [3.63, 3.8) is 0 Å². The molecule has 0 fully saturated rings. The number of rotatable bonds is 7. The van der Waals surface area contributed by atoms with Crippen molar-refractivity contribution in [2.45, 2.75) is 47.1 Å². The van der Waals surface area contributed by atoms with Gasteiger partial charge in [0, 0.05) is 23.5 Å². The van der Waals surface area contributed by atoms with Gasteiger partial charge in [-0.15, -0.1) is 0 Å². The molecule has 0 aliphatic rings. The number of benzene rings is 1. The van der Waals surface area contributed by atoms with E-state index in [4.69, 9.17) is 4.74 Å². The third-order valence-electron chi connectivity index (χ3n) is 5.13. The number of H-pyrrole nitrogens is 1. The van der Waals surface area contributed by atoms with Gasteiger partial charge in [0.25, 0.3) is 5.56 Å². The molecule has 0 bridgehead atoms. The number of hydrogen-bond donors (Lipinski definition) is 2. The molecule has 3 rings (SSSR count). The SMILES string of the molecule is CCc1cc(CNc2cc(CC)c(C)[nH]c2=O)c(OC(=O)c2ccccc2)nc1C. The zero-order chi connectivity index (χ0) is 21.7. The summed E-state index contributed by atoms with van der Waals surface area (Å²) < 4.78 is 5.62. The molecule has 1 aromatic carbocycles. The molecule has 0 radical (unpaired) electrons. The van der Waals surface area contributed by atoms with Crippen molar-refractivity contribution in [3.05, 3.63) is 86.5 Å². The summed E-state index contributed by atoms with van der Waals surface area (Å²) in [7, 11) is 0. The van der Waals surface area contributed by atoms with Gasteiger partial charge < -0.3 is 15.0 Å². The Labute approximate surface area is 176 Å². The van der Waals surface area contributed by atoms with E-state index < -0.39 is 5.97 Å². The highest BCUT2D eigenvalue weighted by Gasteiger charge is 2.16. The number of carbonyl (C=O) groups excluding carboxylic acids is 1. The first-order chi connectivity index (χ1) is 14.4. The summed E-state index contributed by atoms with van der Waals surface area (Å²) >= 11 is 0. The Balaban J connectivity index is 1.90. The highest BCUT2D eigenvalue weighted by molar-refractivity contribution is 5.90. The van der Waals surface area contributed by atoms with E-state index in [0.29, 0.717) is 17.8 Å². The van der Waals surface area contributed by atoms with Crippen molar-refractivity contribution in [2.24, 2.45) is 0 Å². The van der Waals surface area contributed by atoms with Crippen LogP contribution in [0.25, 0.3) is 0 Å². The van der Waals surface area contributed by atoms with Crippen LogP contribution in [0.5, 0.6) is 5.88 Å². The van der Waals surface area contributed by atoms with E-state index in [1.807, 2.05) is 39.0 Å². The first-order valence-electron chi connectivity index (χ1n) is 10.2. The summed E-state index contributed by atoms with van der Waals surface area (Å²) in [6.45, 7) is 8.20. The van der Waals surface area contributed by atoms with Crippen LogP contribution in [0.3, 0.4) is 0 Å². The average Bonchev–Trinajstić information content (AvgIpc) is 2.74. The number of pyridine rings is 2. The standard InChI is InChI=1S/C24H27N3O3/c1-5-17-12-20(14-25-21-13-18(6-2)15(3)26-22(21)28)23(27-16(17)4)30-24(29)19-10-8-7-9-11-19/h7-13,25H,5-6,14H2,1-4H3,(H,26,28). The zero-order valence-corrected chi connectivity index (χ0v) is 17.8. The number of aryl methyl sites for hydroxylation is 4. The van der Waals surface area contributed by atoms with Crippen molar-refractivity contribution in [3.8, 4) is 5.88 Å².